The predicted molar refractivity (Wildman–Crippen MR) is 521 cm³/mol. The van der Waals surface area contributed by atoms with Crippen molar-refractivity contribution in [1.29, 1.82) is 0 Å². The van der Waals surface area contributed by atoms with Crippen LogP contribution in [0.2, 0.25) is 0 Å². The molecule has 0 radical (unpaired) electrons. The third-order valence-electron chi connectivity index (χ3n) is 43.1. The third kappa shape index (κ3) is 19.1. The van der Waals surface area contributed by atoms with E-state index in [0.717, 1.165) is 185 Å². The van der Waals surface area contributed by atoms with Crippen LogP contribution >= 0.6 is 0 Å². The maximum absolute atomic E-state index is 13.6. The number of aryl methyl sites for hydroxylation is 2. The van der Waals surface area contributed by atoms with Crippen molar-refractivity contribution >= 4 is 28.9 Å². The molecule has 20 rings (SSSR count). The Hall–Kier alpha value is -5.33. The van der Waals surface area contributed by atoms with E-state index in [4.69, 9.17) is 23.7 Å². The maximum Gasteiger partial charge on any atom is 0.157 e. The molecule has 0 aliphatic heterocycles. The molecule has 16 saturated carbocycles. The second-order valence-corrected chi connectivity index (χ2v) is 51.2. The Balaban J connectivity index is 0.000000125. The highest BCUT2D eigenvalue weighted by Gasteiger charge is 2.69. The Morgan fingerprint density at radius 3 is 0.970 bits per heavy atom. The normalized spacial score (nSPS) is 44.0. The van der Waals surface area contributed by atoms with Gasteiger partial charge in [0.25, 0.3) is 0 Å². The molecule has 4 aromatic rings. The number of ketones is 5. The number of aliphatic hydroxyl groups is 4. The molecule has 16 aliphatic rings. The van der Waals surface area contributed by atoms with Crippen LogP contribution in [0.5, 0.6) is 5.75 Å². The zero-order valence-corrected chi connectivity index (χ0v) is 86.2. The molecule has 16 fully saturated rings. The number of ether oxygens (including phenoxy) is 5. The van der Waals surface area contributed by atoms with Crippen molar-refractivity contribution in [3.8, 4) is 5.75 Å². The molecule has 22 nitrogen and oxygen atoms in total. The molecule has 0 aromatic carbocycles. The lowest BCUT2D eigenvalue weighted by molar-refractivity contribution is -0.175. The first kappa shape index (κ1) is 101. The lowest BCUT2D eigenvalue weighted by atomic mass is 9.43. The van der Waals surface area contributed by atoms with Gasteiger partial charge in [0, 0.05) is 77.1 Å². The highest BCUT2D eigenvalue weighted by molar-refractivity contribution is 5.84. The summed E-state index contributed by atoms with van der Waals surface area (Å²) in [5, 5.41) is 56.5. The van der Waals surface area contributed by atoms with E-state index < -0.39 is 22.4 Å². The average Bonchev–Trinajstić information content (AvgIpc) is 1.66. The Labute approximate surface area is 808 Å². The highest BCUT2D eigenvalue weighted by Crippen LogP contribution is 2.74. The second kappa shape index (κ2) is 39.1. The van der Waals surface area contributed by atoms with E-state index in [0.29, 0.717) is 150 Å². The number of hydrogen-bond donors (Lipinski definition) is 4. The molecule has 135 heavy (non-hydrogen) atoms. The molecule has 0 spiro atoms. The number of rotatable bonds is 25. The monoisotopic (exact) mass is 1870 g/mol. The van der Waals surface area contributed by atoms with Gasteiger partial charge in [-0.25, -0.2) is 4.98 Å². The first-order valence-electron chi connectivity index (χ1n) is 54.2. The summed E-state index contributed by atoms with van der Waals surface area (Å²) in [6, 6.07) is 0. The van der Waals surface area contributed by atoms with Crippen LogP contribution in [0.1, 0.15) is 331 Å². The van der Waals surface area contributed by atoms with Crippen molar-refractivity contribution in [3.05, 3.63) is 66.5 Å². The van der Waals surface area contributed by atoms with E-state index in [1.165, 1.54) is 102 Å². The summed E-state index contributed by atoms with van der Waals surface area (Å²) < 4.78 is 36.6. The number of Topliss-reactive ketones (excluding diaryl/α,β-unsaturated/α-hetero) is 5. The summed E-state index contributed by atoms with van der Waals surface area (Å²) in [7, 11) is 7.42. The van der Waals surface area contributed by atoms with E-state index >= 15 is 0 Å². The Morgan fingerprint density at radius 1 is 0.378 bits per heavy atom. The predicted octanol–water partition coefficient (Wildman–Crippen LogP) is 19.7. The van der Waals surface area contributed by atoms with Crippen LogP contribution in [0.15, 0.2) is 49.7 Å². The number of carbonyl (C=O) groups excluding carboxylic acids is 5. The highest BCUT2D eigenvalue weighted by atomic mass is 16.5. The van der Waals surface area contributed by atoms with Gasteiger partial charge in [-0.15, -0.1) is 0 Å². The maximum atomic E-state index is 13.6. The molecule has 22 heteroatoms. The molecule has 4 N–H and O–H groups in total. The van der Waals surface area contributed by atoms with Gasteiger partial charge in [0.05, 0.1) is 118 Å². The van der Waals surface area contributed by atoms with Crippen molar-refractivity contribution in [3.63, 3.8) is 0 Å². The summed E-state index contributed by atoms with van der Waals surface area (Å²) in [4.78, 5) is 69.8. The van der Waals surface area contributed by atoms with Gasteiger partial charge in [0.15, 0.2) is 28.9 Å². The Morgan fingerprint density at radius 2 is 0.681 bits per heavy atom. The summed E-state index contributed by atoms with van der Waals surface area (Å²) in [5.74, 6) is 13.0. The molecular weight excluding hydrogens is 1690 g/mol. The van der Waals surface area contributed by atoms with Gasteiger partial charge in [0.1, 0.15) is 5.78 Å². The van der Waals surface area contributed by atoms with Crippen molar-refractivity contribution in [2.75, 3.05) is 54.9 Å². The van der Waals surface area contributed by atoms with Crippen molar-refractivity contribution in [2.45, 2.75) is 389 Å². The minimum absolute atomic E-state index is 0.0644. The summed E-state index contributed by atoms with van der Waals surface area (Å²) in [6.07, 6.45) is 55.7. The van der Waals surface area contributed by atoms with E-state index in [9.17, 15) is 44.4 Å². The smallest absolute Gasteiger partial charge is 0.157 e. The van der Waals surface area contributed by atoms with Gasteiger partial charge in [-0.05, 0) is 442 Å². The number of aromatic nitrogens is 8. The van der Waals surface area contributed by atoms with Crippen LogP contribution in [0.3, 0.4) is 0 Å². The first-order chi connectivity index (χ1) is 64.1. The van der Waals surface area contributed by atoms with E-state index in [2.05, 4.69) is 54.9 Å². The van der Waals surface area contributed by atoms with Crippen LogP contribution < -0.4 is 4.74 Å². The van der Waals surface area contributed by atoms with Gasteiger partial charge < -0.3 is 48.7 Å². The quantitative estimate of drug-likeness (QED) is 0.0480. The number of carbonyl (C=O) groups is 5. The van der Waals surface area contributed by atoms with Crippen molar-refractivity contribution in [2.24, 2.45) is 162 Å². The number of nitrogens with zero attached hydrogens (tertiary/aromatic N) is 8. The zero-order valence-electron chi connectivity index (χ0n) is 86.2. The van der Waals surface area contributed by atoms with Crippen LogP contribution in [-0.4, -0.2) is 172 Å². The van der Waals surface area contributed by atoms with Crippen LogP contribution in [-0.2, 0) is 81.9 Å². The SMILES string of the molecule is CCc1cnn(CC(=O)[C@H]2CC[C@H]3[C@@H]4CC[C@H]5C[C@](C)(O)CC[C@]5(COC)[C@H]4CC[C@]23C)c1.COC[C@]12CC[C@@](C)(O)C[C@@H]1CC[C@H]1[C@@H]3CC[C@H](C(=O)Cn4cc(CC(C)=O)cn4)[C@@]3(C)CC[C@@H]12.COC[C@]12CC[C@@](C)(O)C[C@@H]1CC[C@H]1[C@@H]3CC[C@H](C(=O)Cn4cc(OC(C)C)cn4)[C@@]3(C)CC[C@@H]12.COC[C@]12CC[C@@](C)(O)C[C@H]1CC[C@H]1[C@@H]3CC[C@H](C(=O)Cn4cnc(C)c4)[C@@]3(C)CC[C@@H]12. The fourth-order valence-corrected chi connectivity index (χ4v) is 37.2. The molecule has 16 aliphatic carbocycles. The molecule has 752 valence electrons. The molecule has 0 unspecified atom stereocenters. The molecule has 0 saturated heterocycles. The Kier molecular flexibility index (Phi) is 29.3. The van der Waals surface area contributed by atoms with Crippen LogP contribution in [0, 0.1) is 169 Å². The fourth-order valence-electron chi connectivity index (χ4n) is 37.2. The molecule has 0 amide bonds. The molecule has 32 atom stereocenters. The van der Waals surface area contributed by atoms with Crippen LogP contribution in [0.25, 0.3) is 0 Å². The lowest BCUT2D eigenvalue weighted by Crippen LogP contribution is -2.58. The second-order valence-electron chi connectivity index (χ2n) is 51.2. The third-order valence-corrected chi connectivity index (χ3v) is 43.1. The van der Waals surface area contributed by atoms with Crippen LogP contribution in [0.4, 0.5) is 0 Å². The van der Waals surface area contributed by atoms with E-state index in [-0.39, 0.29) is 78.9 Å². The fraction of sp³-hybridized carbons (Fsp3) is 0.850. The minimum Gasteiger partial charge on any atom is -0.488 e. The number of fused-ring (bicyclic) bond motifs is 20. The Bertz CT molecular complexity index is 4810. The standard InChI is InChI=1S/C29H46N2O4.C29H44N2O4.C28H44N2O3.C27H42N2O3/c1-19(2)35-21-15-30-31(16-21)17-26(32)25-9-8-23-22-7-6-20-14-27(3,33)12-13-29(20,18-34-5)24(22)10-11-28(23,25)4;1-19(32)13-20-15-30-31(16-20)17-26(33)25-8-7-23-22-6-5-21-14-27(2,34)11-12-29(21,18-35-4)24(22)9-10-28(23,25)3;1-5-19-15-29-30(16-19)17-25(31)24-9-8-22-21-7-6-20-14-26(2,32)12-13-28(20,18-33-4)23(21)10-11-27(22,24)3;1-18-14-29(17-28-18)15-24(30)23-8-7-21-20-6-5-19-13-25(2,31)11-12-27(19,16-32-4)22(20)9-10-26(21,23)3/h15-16,19-20,22-25,33H,6-14,17-18H2,1-5H3;15-16,21-25,34H,5-14,17-18H2,1-4H3;15-16,20-24,32H,5-14,17-18H2,1-4H3;14,17,19-23,31H,5-13,15-16H2,1-4H3/t20-,22-,23-,24-,25+,27+,28-,29+;21-,22-,23-,24-,25+,27+,28-,29+;20-,21-,22-,23-,24+,26+,27-,28+;19-,20+,21+,22+,23-,25-,26+,27-/m0001/s1. The van der Waals surface area contributed by atoms with E-state index in [1.807, 2.05) is 117 Å². The minimum atomic E-state index is -0.542. The summed E-state index contributed by atoms with van der Waals surface area (Å²) in [6.45, 7) is 32.3. The largest absolute Gasteiger partial charge is 0.488 e. The number of imidazole rings is 1. The summed E-state index contributed by atoms with van der Waals surface area (Å²) >= 11 is 0. The van der Waals surface area contributed by atoms with Crippen molar-refractivity contribution in [1.82, 2.24) is 38.9 Å². The topological polar surface area (TPSA) is 284 Å². The zero-order chi connectivity index (χ0) is 96.2. The molecule has 4 aromatic heterocycles. The number of methoxy groups -OCH3 is 4. The van der Waals surface area contributed by atoms with E-state index in [1.54, 1.807) is 35.0 Å². The average molecular weight is 1870 g/mol. The van der Waals surface area contributed by atoms with Gasteiger partial charge >= 0.3 is 0 Å². The van der Waals surface area contributed by atoms with Gasteiger partial charge in [-0.1, -0.05) is 34.6 Å². The molecule has 4 heterocycles. The molecular formula is C113H176N8O14. The summed E-state index contributed by atoms with van der Waals surface area (Å²) in [5.41, 5.74) is 2.17. The van der Waals surface area contributed by atoms with Gasteiger partial charge in [-0.3, -0.25) is 38.0 Å². The van der Waals surface area contributed by atoms with Gasteiger partial charge in [-0.2, -0.15) is 15.3 Å². The number of hydrogen-bond acceptors (Lipinski definition) is 18. The van der Waals surface area contributed by atoms with Crippen molar-refractivity contribution < 1.29 is 68.1 Å². The lowest BCUT2D eigenvalue weighted by Gasteiger charge is -2.62. The molecule has 0 bridgehead atoms. The first-order valence-corrected chi connectivity index (χ1v) is 54.2. The van der Waals surface area contributed by atoms with Gasteiger partial charge in [0.2, 0.25) is 0 Å².